The van der Waals surface area contributed by atoms with Crippen molar-refractivity contribution in [2.75, 3.05) is 19.6 Å². The minimum absolute atomic E-state index is 0.156. The van der Waals surface area contributed by atoms with Crippen LogP contribution in [0.4, 0.5) is 4.79 Å². The molecular weight excluding hydrogens is 268 g/mol. The number of hydrogen-bond acceptors (Lipinski definition) is 3. The zero-order valence-electron chi connectivity index (χ0n) is 14.3. The van der Waals surface area contributed by atoms with Crippen molar-refractivity contribution in [1.82, 2.24) is 9.80 Å². The largest absolute Gasteiger partial charge is 0.444 e. The fraction of sp³-hybridized carbons (Fsp3) is 0.875. The minimum Gasteiger partial charge on any atom is -0.444 e. The van der Waals surface area contributed by atoms with Gasteiger partial charge in [-0.3, -0.25) is 4.79 Å². The highest BCUT2D eigenvalue weighted by Gasteiger charge is 2.34. The summed E-state index contributed by atoms with van der Waals surface area (Å²) in [7, 11) is 0. The van der Waals surface area contributed by atoms with Gasteiger partial charge in [0.1, 0.15) is 5.60 Å². The third-order valence-corrected chi connectivity index (χ3v) is 3.41. The molecule has 1 rings (SSSR count). The van der Waals surface area contributed by atoms with E-state index in [2.05, 4.69) is 13.8 Å². The van der Waals surface area contributed by atoms with Crippen LogP contribution in [0.25, 0.3) is 0 Å². The van der Waals surface area contributed by atoms with Crippen LogP contribution < -0.4 is 0 Å². The number of carbonyl (C=O) groups excluding carboxylic acids is 2. The number of nitrogens with zero attached hydrogens (tertiary/aromatic N) is 2. The Balaban J connectivity index is 2.60. The molecule has 1 fully saturated rings. The molecule has 21 heavy (non-hydrogen) atoms. The second-order valence-electron chi connectivity index (χ2n) is 7.67. The van der Waals surface area contributed by atoms with E-state index < -0.39 is 5.60 Å². The lowest BCUT2D eigenvalue weighted by Crippen LogP contribution is -2.46. The first kappa shape index (κ1) is 17.8. The monoisotopic (exact) mass is 298 g/mol. The van der Waals surface area contributed by atoms with Crippen molar-refractivity contribution in [3.8, 4) is 0 Å². The molecular formula is C16H30N2O3. The third-order valence-electron chi connectivity index (χ3n) is 3.41. The maximum absolute atomic E-state index is 12.2. The van der Waals surface area contributed by atoms with Gasteiger partial charge in [-0.05, 0) is 40.5 Å². The Hall–Kier alpha value is -1.26. The van der Waals surface area contributed by atoms with E-state index in [1.54, 1.807) is 4.90 Å². The summed E-state index contributed by atoms with van der Waals surface area (Å²) in [6.45, 7) is 13.6. The number of ether oxygens (including phenoxy) is 1. The summed E-state index contributed by atoms with van der Waals surface area (Å²) in [5, 5.41) is 0. The molecule has 0 unspecified atom stereocenters. The Morgan fingerprint density at radius 1 is 1.19 bits per heavy atom. The molecule has 0 N–H and O–H groups in total. The van der Waals surface area contributed by atoms with Gasteiger partial charge in [-0.15, -0.1) is 0 Å². The average molecular weight is 298 g/mol. The summed E-state index contributed by atoms with van der Waals surface area (Å²) in [4.78, 5) is 26.9. The van der Waals surface area contributed by atoms with Crippen molar-refractivity contribution < 1.29 is 14.3 Å². The molecule has 0 spiro atoms. The van der Waals surface area contributed by atoms with E-state index in [-0.39, 0.29) is 11.5 Å². The van der Waals surface area contributed by atoms with Crippen LogP contribution in [0.2, 0.25) is 0 Å². The fourth-order valence-corrected chi connectivity index (χ4v) is 2.35. The highest BCUT2D eigenvalue weighted by molar-refractivity contribution is 5.68. The van der Waals surface area contributed by atoms with Crippen LogP contribution in [0.1, 0.15) is 54.4 Å². The molecule has 0 aromatic rings. The lowest BCUT2D eigenvalue weighted by atomic mass is 9.92. The fourth-order valence-electron chi connectivity index (χ4n) is 2.35. The number of carbonyl (C=O) groups is 2. The molecule has 5 heteroatoms. The molecule has 5 nitrogen and oxygen atoms in total. The molecule has 0 aliphatic heterocycles. The molecule has 0 aromatic heterocycles. The molecule has 0 bridgehead atoms. The standard InChI is InChI=1S/C16H30N2O3/c1-7-17(14(20)21-15(2,3)4)10-16(5,6)11-18(12-19)13-8-9-13/h12-13H,7-11H2,1-6H3. The van der Waals surface area contributed by atoms with Crippen molar-refractivity contribution in [1.29, 1.82) is 0 Å². The van der Waals surface area contributed by atoms with Gasteiger partial charge >= 0.3 is 6.09 Å². The Bertz CT molecular complexity index is 370. The summed E-state index contributed by atoms with van der Waals surface area (Å²) in [5.41, 5.74) is -0.645. The van der Waals surface area contributed by atoms with E-state index in [4.69, 9.17) is 4.74 Å². The van der Waals surface area contributed by atoms with E-state index in [1.165, 1.54) is 0 Å². The Morgan fingerprint density at radius 3 is 2.14 bits per heavy atom. The zero-order chi connectivity index (χ0) is 16.3. The molecule has 1 aliphatic rings. The Kier molecular flexibility index (Phi) is 5.65. The van der Waals surface area contributed by atoms with E-state index in [0.717, 1.165) is 19.3 Å². The van der Waals surface area contributed by atoms with Gasteiger partial charge in [-0.2, -0.15) is 0 Å². The Morgan fingerprint density at radius 2 is 1.76 bits per heavy atom. The van der Waals surface area contributed by atoms with Crippen molar-refractivity contribution in [2.24, 2.45) is 5.41 Å². The number of rotatable bonds is 7. The summed E-state index contributed by atoms with van der Waals surface area (Å²) < 4.78 is 5.43. The Labute approximate surface area is 128 Å². The van der Waals surface area contributed by atoms with Crippen LogP contribution in [0.5, 0.6) is 0 Å². The summed E-state index contributed by atoms with van der Waals surface area (Å²) in [6.07, 6.45) is 2.84. The summed E-state index contributed by atoms with van der Waals surface area (Å²) in [5.74, 6) is 0. The summed E-state index contributed by atoms with van der Waals surface area (Å²) in [6, 6.07) is 0.401. The van der Waals surface area contributed by atoms with Crippen molar-refractivity contribution in [3.05, 3.63) is 0 Å². The van der Waals surface area contributed by atoms with Crippen LogP contribution in [0, 0.1) is 5.41 Å². The molecule has 0 aromatic carbocycles. The van der Waals surface area contributed by atoms with E-state index >= 15 is 0 Å². The molecule has 0 atom stereocenters. The predicted molar refractivity (Wildman–Crippen MR) is 83.1 cm³/mol. The minimum atomic E-state index is -0.489. The van der Waals surface area contributed by atoms with E-state index in [9.17, 15) is 9.59 Å². The highest BCUT2D eigenvalue weighted by atomic mass is 16.6. The lowest BCUT2D eigenvalue weighted by Gasteiger charge is -2.36. The van der Waals surface area contributed by atoms with Gasteiger partial charge in [0.05, 0.1) is 0 Å². The quantitative estimate of drug-likeness (QED) is 0.679. The normalized spacial score (nSPS) is 15.5. The maximum Gasteiger partial charge on any atom is 0.410 e. The first-order valence-electron chi connectivity index (χ1n) is 7.77. The van der Waals surface area contributed by atoms with Gasteiger partial charge < -0.3 is 14.5 Å². The van der Waals surface area contributed by atoms with Gasteiger partial charge in [0, 0.05) is 31.1 Å². The van der Waals surface area contributed by atoms with Gasteiger partial charge in [0.2, 0.25) is 6.41 Å². The van der Waals surface area contributed by atoms with Crippen LogP contribution in [0.3, 0.4) is 0 Å². The number of hydrogen-bond donors (Lipinski definition) is 0. The lowest BCUT2D eigenvalue weighted by molar-refractivity contribution is -0.120. The van der Waals surface area contributed by atoms with Gasteiger partial charge in [-0.1, -0.05) is 13.8 Å². The van der Waals surface area contributed by atoms with Crippen LogP contribution >= 0.6 is 0 Å². The van der Waals surface area contributed by atoms with Gasteiger partial charge in [0.25, 0.3) is 0 Å². The van der Waals surface area contributed by atoms with Gasteiger partial charge in [-0.25, -0.2) is 4.79 Å². The molecule has 0 saturated heterocycles. The number of amides is 2. The van der Waals surface area contributed by atoms with Crippen molar-refractivity contribution in [3.63, 3.8) is 0 Å². The molecule has 1 aliphatic carbocycles. The average Bonchev–Trinajstić information content (AvgIpc) is 3.15. The van der Waals surface area contributed by atoms with Crippen molar-refractivity contribution >= 4 is 12.5 Å². The SMILES string of the molecule is CCN(CC(C)(C)CN(C=O)C1CC1)C(=O)OC(C)(C)C. The van der Waals surface area contributed by atoms with Gasteiger partial charge in [0.15, 0.2) is 0 Å². The van der Waals surface area contributed by atoms with E-state index in [1.807, 2.05) is 32.6 Å². The van der Waals surface area contributed by atoms with Crippen LogP contribution in [-0.2, 0) is 9.53 Å². The second kappa shape index (κ2) is 6.67. The third kappa shape index (κ3) is 6.36. The summed E-state index contributed by atoms with van der Waals surface area (Å²) >= 11 is 0. The molecule has 0 heterocycles. The molecule has 2 amide bonds. The smallest absolute Gasteiger partial charge is 0.410 e. The molecule has 1 saturated carbocycles. The van der Waals surface area contributed by atoms with Crippen LogP contribution in [0.15, 0.2) is 0 Å². The zero-order valence-corrected chi connectivity index (χ0v) is 14.3. The van der Waals surface area contributed by atoms with Crippen molar-refractivity contribution in [2.45, 2.75) is 66.0 Å². The first-order chi connectivity index (χ1) is 9.58. The second-order valence-corrected chi connectivity index (χ2v) is 7.67. The highest BCUT2D eigenvalue weighted by Crippen LogP contribution is 2.29. The molecule has 122 valence electrons. The van der Waals surface area contributed by atoms with Crippen LogP contribution in [-0.4, -0.2) is 53.6 Å². The first-order valence-corrected chi connectivity index (χ1v) is 7.77. The maximum atomic E-state index is 12.2. The predicted octanol–water partition coefficient (Wildman–Crippen LogP) is 2.89. The molecule has 0 radical (unpaired) electrons. The topological polar surface area (TPSA) is 49.9 Å². The van der Waals surface area contributed by atoms with E-state index in [0.29, 0.717) is 25.7 Å².